The molecule has 1 fully saturated rings. The Morgan fingerprint density at radius 3 is 2.83 bits per heavy atom. The highest BCUT2D eigenvalue weighted by Crippen LogP contribution is 2.44. The third-order valence-electron chi connectivity index (χ3n) is 6.00. The van der Waals surface area contributed by atoms with E-state index in [-0.39, 0.29) is 5.91 Å². The number of benzene rings is 1. The van der Waals surface area contributed by atoms with E-state index in [1.807, 2.05) is 29.5 Å². The molecular weight excluding hydrogens is 410 g/mol. The van der Waals surface area contributed by atoms with Gasteiger partial charge in [-0.1, -0.05) is 49.0 Å². The summed E-state index contributed by atoms with van der Waals surface area (Å²) in [5.41, 5.74) is 2.69. The Morgan fingerprint density at radius 2 is 2.03 bits per heavy atom. The van der Waals surface area contributed by atoms with E-state index in [0.717, 1.165) is 40.9 Å². The number of hydrogen-bond donors (Lipinski definition) is 1. The first-order valence-electron chi connectivity index (χ1n) is 10.9. The van der Waals surface area contributed by atoms with Crippen LogP contribution in [0.3, 0.4) is 0 Å². The van der Waals surface area contributed by atoms with Gasteiger partial charge in [-0.3, -0.25) is 4.79 Å². The smallest absolute Gasteiger partial charge is 0.230 e. The second-order valence-corrected chi connectivity index (χ2v) is 10.6. The average Bonchev–Trinajstić information content (AvgIpc) is 3.53. The first kappa shape index (κ1) is 20.0. The van der Waals surface area contributed by atoms with Gasteiger partial charge in [0.25, 0.3) is 0 Å². The van der Waals surface area contributed by atoms with E-state index in [1.165, 1.54) is 40.7 Å². The minimum absolute atomic E-state index is 0.0772. The van der Waals surface area contributed by atoms with Crippen molar-refractivity contribution in [2.24, 2.45) is 5.92 Å². The maximum Gasteiger partial charge on any atom is 0.230 e. The normalized spacial score (nSPS) is 18.4. The summed E-state index contributed by atoms with van der Waals surface area (Å²) in [7, 11) is 0. The van der Waals surface area contributed by atoms with Crippen molar-refractivity contribution in [1.29, 1.82) is 0 Å². The highest BCUT2D eigenvalue weighted by molar-refractivity contribution is 8.00. The van der Waals surface area contributed by atoms with E-state index >= 15 is 0 Å². The van der Waals surface area contributed by atoms with Crippen molar-refractivity contribution in [2.45, 2.75) is 56.4 Å². The maximum absolute atomic E-state index is 12.5. The zero-order chi connectivity index (χ0) is 20.5. The van der Waals surface area contributed by atoms with Crippen LogP contribution < -0.4 is 5.32 Å². The third kappa shape index (κ3) is 4.40. The predicted octanol–water partition coefficient (Wildman–Crippen LogP) is 5.14. The van der Waals surface area contributed by atoms with E-state index in [9.17, 15) is 4.79 Å². The minimum Gasteiger partial charge on any atom is -0.355 e. The molecule has 2 aliphatic rings. The molecular formula is C24H27N3OS2. The Morgan fingerprint density at radius 1 is 1.20 bits per heavy atom. The number of fused-ring (bicyclic) bond motifs is 3. The van der Waals surface area contributed by atoms with Crippen molar-refractivity contribution in [2.75, 3.05) is 12.3 Å². The number of nitrogens with one attached hydrogen (secondary N) is 1. The van der Waals surface area contributed by atoms with Gasteiger partial charge in [-0.15, -0.1) is 11.3 Å². The molecule has 2 aliphatic carbocycles. The van der Waals surface area contributed by atoms with E-state index < -0.39 is 0 Å². The van der Waals surface area contributed by atoms with Gasteiger partial charge in [0.15, 0.2) is 0 Å². The highest BCUT2D eigenvalue weighted by atomic mass is 32.2. The molecule has 30 heavy (non-hydrogen) atoms. The second kappa shape index (κ2) is 8.67. The molecule has 0 spiro atoms. The van der Waals surface area contributed by atoms with Gasteiger partial charge in [0.2, 0.25) is 5.91 Å². The Kier molecular flexibility index (Phi) is 5.79. The molecule has 0 saturated heterocycles. The van der Waals surface area contributed by atoms with Gasteiger partial charge < -0.3 is 5.32 Å². The van der Waals surface area contributed by atoms with Gasteiger partial charge in [-0.2, -0.15) is 0 Å². The van der Waals surface area contributed by atoms with Crippen LogP contribution in [0, 0.1) is 5.92 Å². The number of nitrogens with zero attached hydrogens (tertiary/aromatic N) is 2. The number of hydrogen-bond acceptors (Lipinski definition) is 5. The molecule has 156 valence electrons. The number of thioether (sulfide) groups is 1. The Labute approximate surface area is 185 Å². The van der Waals surface area contributed by atoms with Gasteiger partial charge in [0.05, 0.1) is 5.75 Å². The van der Waals surface area contributed by atoms with E-state index in [2.05, 4.69) is 24.4 Å². The van der Waals surface area contributed by atoms with E-state index in [4.69, 9.17) is 9.97 Å². The standard InChI is InChI=1S/C24H27N3OS2/c1-15-7-10-18-19(13-15)30-24-21(18)23(26-22(27-24)17-8-9-17)29-14-20(28)25-12-11-16-5-3-2-4-6-16/h2-6,15,17H,7-14H2,1H3,(H,25,28)/t15-/m0/s1. The highest BCUT2D eigenvalue weighted by Gasteiger charge is 2.30. The van der Waals surface area contributed by atoms with Crippen molar-refractivity contribution in [3.8, 4) is 0 Å². The molecule has 1 aromatic carbocycles. The summed E-state index contributed by atoms with van der Waals surface area (Å²) in [6.07, 6.45) is 6.73. The lowest BCUT2D eigenvalue weighted by molar-refractivity contribution is -0.118. The predicted molar refractivity (Wildman–Crippen MR) is 124 cm³/mol. The summed E-state index contributed by atoms with van der Waals surface area (Å²) in [6, 6.07) is 10.3. The van der Waals surface area contributed by atoms with Crippen molar-refractivity contribution in [3.63, 3.8) is 0 Å². The van der Waals surface area contributed by atoms with Gasteiger partial charge in [0.1, 0.15) is 15.7 Å². The summed E-state index contributed by atoms with van der Waals surface area (Å²) >= 11 is 3.44. The molecule has 5 rings (SSSR count). The number of rotatable bonds is 7. The van der Waals surface area contributed by atoms with Crippen molar-refractivity contribution in [3.05, 3.63) is 52.2 Å². The summed E-state index contributed by atoms with van der Waals surface area (Å²) < 4.78 is 0. The topological polar surface area (TPSA) is 54.9 Å². The SMILES string of the molecule is C[C@H]1CCc2c(sc3nc(C4CC4)nc(SCC(=O)NCCc4ccccc4)c23)C1. The fourth-order valence-electron chi connectivity index (χ4n) is 4.13. The van der Waals surface area contributed by atoms with Crippen LogP contribution in [0.25, 0.3) is 10.2 Å². The quantitative estimate of drug-likeness (QED) is 0.410. The lowest BCUT2D eigenvalue weighted by atomic mass is 9.89. The lowest BCUT2D eigenvalue weighted by Gasteiger charge is -2.18. The molecule has 4 nitrogen and oxygen atoms in total. The Bertz CT molecular complexity index is 1060. The van der Waals surface area contributed by atoms with Gasteiger partial charge in [-0.05, 0) is 55.6 Å². The van der Waals surface area contributed by atoms with Crippen LogP contribution in [-0.2, 0) is 24.1 Å². The van der Waals surface area contributed by atoms with Gasteiger partial charge in [0, 0.05) is 22.7 Å². The van der Waals surface area contributed by atoms with Gasteiger partial charge in [-0.25, -0.2) is 9.97 Å². The molecule has 1 saturated carbocycles. The molecule has 0 unspecified atom stereocenters. The molecule has 0 bridgehead atoms. The fourth-order valence-corrected chi connectivity index (χ4v) is 6.48. The summed E-state index contributed by atoms with van der Waals surface area (Å²) in [5.74, 6) is 2.74. The second-order valence-electron chi connectivity index (χ2n) is 8.57. The molecule has 1 atom stereocenters. The van der Waals surface area contributed by atoms with Crippen LogP contribution in [-0.4, -0.2) is 28.2 Å². The summed E-state index contributed by atoms with van der Waals surface area (Å²) in [5, 5.41) is 5.31. The number of carbonyl (C=O) groups excluding carboxylic acids is 1. The van der Waals surface area contributed by atoms with Crippen LogP contribution in [0.4, 0.5) is 0 Å². The Hall–Kier alpha value is -1.92. The molecule has 2 aromatic heterocycles. The number of thiophene rings is 1. The van der Waals surface area contributed by atoms with Crippen LogP contribution in [0.1, 0.15) is 53.9 Å². The molecule has 0 aliphatic heterocycles. The van der Waals surface area contributed by atoms with Gasteiger partial charge >= 0.3 is 0 Å². The number of aromatic nitrogens is 2. The van der Waals surface area contributed by atoms with Crippen LogP contribution >= 0.6 is 23.1 Å². The van der Waals surface area contributed by atoms with Crippen molar-refractivity contribution in [1.82, 2.24) is 15.3 Å². The maximum atomic E-state index is 12.5. The van der Waals surface area contributed by atoms with Crippen LogP contribution in [0.5, 0.6) is 0 Å². The average molecular weight is 438 g/mol. The molecule has 3 aromatic rings. The monoisotopic (exact) mass is 437 g/mol. The van der Waals surface area contributed by atoms with Crippen molar-refractivity contribution < 1.29 is 4.79 Å². The number of amides is 1. The molecule has 2 heterocycles. The third-order valence-corrected chi connectivity index (χ3v) is 8.12. The first-order chi connectivity index (χ1) is 14.7. The summed E-state index contributed by atoms with van der Waals surface area (Å²) in [4.78, 5) is 25.0. The Balaban J connectivity index is 1.30. The fraction of sp³-hybridized carbons (Fsp3) is 0.458. The zero-order valence-electron chi connectivity index (χ0n) is 17.3. The minimum atomic E-state index is 0.0772. The van der Waals surface area contributed by atoms with Crippen LogP contribution in [0.2, 0.25) is 0 Å². The van der Waals surface area contributed by atoms with E-state index in [1.54, 1.807) is 11.8 Å². The first-order valence-corrected chi connectivity index (χ1v) is 12.7. The number of aryl methyl sites for hydroxylation is 1. The molecule has 0 radical (unpaired) electrons. The molecule has 1 amide bonds. The largest absolute Gasteiger partial charge is 0.355 e. The summed E-state index contributed by atoms with van der Waals surface area (Å²) in [6.45, 7) is 3.01. The zero-order valence-corrected chi connectivity index (χ0v) is 19.0. The molecule has 1 N–H and O–H groups in total. The molecule has 6 heteroatoms. The number of carbonyl (C=O) groups is 1. The van der Waals surface area contributed by atoms with Crippen LogP contribution in [0.15, 0.2) is 35.4 Å². The van der Waals surface area contributed by atoms with Crippen molar-refractivity contribution >= 4 is 39.2 Å². The van der Waals surface area contributed by atoms with E-state index in [0.29, 0.717) is 18.2 Å². The lowest BCUT2D eigenvalue weighted by Crippen LogP contribution is -2.27.